The van der Waals surface area contributed by atoms with Gasteiger partial charge in [0.1, 0.15) is 0 Å². The Morgan fingerprint density at radius 1 is 1.27 bits per heavy atom. The van der Waals surface area contributed by atoms with Crippen molar-refractivity contribution in [3.63, 3.8) is 0 Å². The molecule has 3 heterocycles. The summed E-state index contributed by atoms with van der Waals surface area (Å²) in [7, 11) is 0. The number of rotatable bonds is 2. The van der Waals surface area contributed by atoms with Gasteiger partial charge in [0, 0.05) is 37.0 Å². The predicted molar refractivity (Wildman–Crippen MR) is 84.1 cm³/mol. The van der Waals surface area contributed by atoms with Crippen molar-refractivity contribution in [2.45, 2.75) is 51.0 Å². The molecule has 5 nitrogen and oxygen atoms in total. The Bertz CT molecular complexity index is 602. The summed E-state index contributed by atoms with van der Waals surface area (Å²) in [6, 6.07) is 3.21. The summed E-state index contributed by atoms with van der Waals surface area (Å²) < 4.78 is 5.96. The maximum absolute atomic E-state index is 12.7. The molecule has 3 rings (SSSR count). The van der Waals surface area contributed by atoms with E-state index in [-0.39, 0.29) is 17.1 Å². The number of pyridine rings is 1. The normalized spacial score (nSPS) is 25.4. The highest BCUT2D eigenvalue weighted by molar-refractivity contribution is 5.94. The number of aromatic amines is 1. The molecular weight excluding hydrogens is 280 g/mol. The lowest BCUT2D eigenvalue weighted by Gasteiger charge is -2.27. The Labute approximate surface area is 130 Å². The van der Waals surface area contributed by atoms with Crippen LogP contribution in [0.4, 0.5) is 0 Å². The molecule has 0 bridgehead atoms. The van der Waals surface area contributed by atoms with Crippen LogP contribution >= 0.6 is 0 Å². The fraction of sp³-hybridized carbons (Fsp3) is 0.647. The van der Waals surface area contributed by atoms with E-state index in [1.807, 2.05) is 11.8 Å². The molecule has 2 aliphatic rings. The zero-order chi connectivity index (χ0) is 15.6. The Morgan fingerprint density at radius 2 is 2.09 bits per heavy atom. The third-order valence-corrected chi connectivity index (χ3v) is 4.90. The molecule has 2 saturated heterocycles. The van der Waals surface area contributed by atoms with Crippen LogP contribution < -0.4 is 5.56 Å². The first kappa shape index (κ1) is 15.3. The molecule has 1 N–H and O–H groups in total. The van der Waals surface area contributed by atoms with E-state index in [9.17, 15) is 9.59 Å². The van der Waals surface area contributed by atoms with E-state index >= 15 is 0 Å². The van der Waals surface area contributed by atoms with Gasteiger partial charge in [-0.3, -0.25) is 9.59 Å². The Morgan fingerprint density at radius 3 is 2.82 bits per heavy atom. The van der Waals surface area contributed by atoms with Crippen molar-refractivity contribution >= 4 is 5.91 Å². The zero-order valence-corrected chi connectivity index (χ0v) is 13.2. The molecule has 1 aromatic heterocycles. The molecule has 0 aliphatic carbocycles. The van der Waals surface area contributed by atoms with Gasteiger partial charge in [-0.05, 0) is 44.6 Å². The number of carbonyl (C=O) groups is 1. The van der Waals surface area contributed by atoms with Gasteiger partial charge in [-0.15, -0.1) is 0 Å². The van der Waals surface area contributed by atoms with E-state index in [1.54, 1.807) is 6.07 Å². The minimum atomic E-state index is -0.201. The summed E-state index contributed by atoms with van der Waals surface area (Å²) >= 11 is 0. The Kier molecular flexibility index (Phi) is 4.34. The van der Waals surface area contributed by atoms with Crippen LogP contribution in [-0.4, -0.2) is 41.1 Å². The molecule has 1 atom stereocenters. The van der Waals surface area contributed by atoms with Crippen LogP contribution in [0.15, 0.2) is 16.9 Å². The third kappa shape index (κ3) is 3.09. The van der Waals surface area contributed by atoms with E-state index in [2.05, 4.69) is 4.98 Å². The maximum Gasteiger partial charge on any atom is 0.254 e. The highest BCUT2D eigenvalue weighted by Gasteiger charge is 2.37. The van der Waals surface area contributed by atoms with Gasteiger partial charge in [0.25, 0.3) is 5.91 Å². The fourth-order valence-electron chi connectivity index (χ4n) is 3.62. The van der Waals surface area contributed by atoms with Gasteiger partial charge in [-0.1, -0.05) is 6.92 Å². The van der Waals surface area contributed by atoms with E-state index in [0.717, 1.165) is 50.9 Å². The summed E-state index contributed by atoms with van der Waals surface area (Å²) in [6.07, 6.45) is 5.86. The van der Waals surface area contributed by atoms with Crippen molar-refractivity contribution in [1.29, 1.82) is 0 Å². The van der Waals surface area contributed by atoms with Crippen molar-refractivity contribution < 1.29 is 9.53 Å². The highest BCUT2D eigenvalue weighted by Crippen LogP contribution is 2.35. The number of hydrogen-bond acceptors (Lipinski definition) is 3. The number of carbonyl (C=O) groups excluding carboxylic acids is 1. The lowest BCUT2D eigenvalue weighted by Crippen LogP contribution is -2.34. The number of amides is 1. The molecule has 120 valence electrons. The largest absolute Gasteiger partial charge is 0.375 e. The molecule has 1 aromatic rings. The summed E-state index contributed by atoms with van der Waals surface area (Å²) in [5.74, 6) is -0.0316. The number of aromatic nitrogens is 1. The number of aryl methyl sites for hydroxylation is 1. The van der Waals surface area contributed by atoms with Crippen LogP contribution in [0.2, 0.25) is 0 Å². The lowest BCUT2D eigenvalue weighted by molar-refractivity contribution is -0.00691. The zero-order valence-electron chi connectivity index (χ0n) is 13.2. The minimum absolute atomic E-state index is 0.00221. The van der Waals surface area contributed by atoms with Gasteiger partial charge >= 0.3 is 0 Å². The number of ether oxygens (including phenoxy) is 1. The molecular formula is C17H24N2O3. The molecule has 0 radical (unpaired) electrons. The second kappa shape index (κ2) is 6.24. The van der Waals surface area contributed by atoms with Crippen LogP contribution in [0.25, 0.3) is 0 Å². The number of nitrogens with one attached hydrogen (secondary N) is 1. The van der Waals surface area contributed by atoms with Crippen LogP contribution in [-0.2, 0) is 11.2 Å². The number of likely N-dealkylation sites (tertiary alicyclic amines) is 1. The van der Waals surface area contributed by atoms with E-state index < -0.39 is 0 Å². The first-order valence-corrected chi connectivity index (χ1v) is 8.28. The smallest absolute Gasteiger partial charge is 0.254 e. The Hall–Kier alpha value is -1.62. The summed E-state index contributed by atoms with van der Waals surface area (Å²) in [4.78, 5) is 29.0. The molecule has 2 aliphatic heterocycles. The van der Waals surface area contributed by atoms with E-state index in [4.69, 9.17) is 4.74 Å². The first-order valence-electron chi connectivity index (χ1n) is 8.28. The van der Waals surface area contributed by atoms with Gasteiger partial charge in [-0.2, -0.15) is 0 Å². The van der Waals surface area contributed by atoms with Gasteiger partial charge in [-0.25, -0.2) is 0 Å². The topological polar surface area (TPSA) is 62.4 Å². The second-order valence-electron chi connectivity index (χ2n) is 6.39. The molecule has 5 heteroatoms. The average molecular weight is 304 g/mol. The summed E-state index contributed by atoms with van der Waals surface area (Å²) in [6.45, 7) is 4.28. The van der Waals surface area contributed by atoms with Crippen molar-refractivity contribution in [3.8, 4) is 0 Å². The van der Waals surface area contributed by atoms with Gasteiger partial charge in [0.15, 0.2) is 0 Å². The molecule has 1 amide bonds. The Balaban J connectivity index is 1.75. The van der Waals surface area contributed by atoms with Crippen LogP contribution in [0.3, 0.4) is 0 Å². The van der Waals surface area contributed by atoms with Crippen molar-refractivity contribution in [2.24, 2.45) is 0 Å². The molecule has 0 unspecified atom stereocenters. The van der Waals surface area contributed by atoms with Crippen LogP contribution in [0.1, 0.15) is 55.1 Å². The van der Waals surface area contributed by atoms with Crippen molar-refractivity contribution in [3.05, 3.63) is 33.7 Å². The second-order valence-corrected chi connectivity index (χ2v) is 6.39. The van der Waals surface area contributed by atoms with Gasteiger partial charge in [0.2, 0.25) is 5.56 Å². The molecule has 0 saturated carbocycles. The molecule has 1 spiro atoms. The maximum atomic E-state index is 12.7. The highest BCUT2D eigenvalue weighted by atomic mass is 16.5. The van der Waals surface area contributed by atoms with Crippen LogP contribution in [0.5, 0.6) is 0 Å². The molecule has 0 aromatic carbocycles. The van der Waals surface area contributed by atoms with Gasteiger partial charge in [0.05, 0.1) is 5.60 Å². The fourth-order valence-corrected chi connectivity index (χ4v) is 3.62. The predicted octanol–water partition coefficient (Wildman–Crippen LogP) is 2.11. The first-order chi connectivity index (χ1) is 10.6. The molecule has 22 heavy (non-hydrogen) atoms. The van der Waals surface area contributed by atoms with E-state index in [0.29, 0.717) is 18.5 Å². The van der Waals surface area contributed by atoms with E-state index in [1.165, 1.54) is 6.07 Å². The number of H-pyrrole nitrogens is 1. The summed E-state index contributed by atoms with van der Waals surface area (Å²) in [5, 5.41) is 0. The minimum Gasteiger partial charge on any atom is -0.375 e. The third-order valence-electron chi connectivity index (χ3n) is 4.90. The lowest BCUT2D eigenvalue weighted by atomic mass is 9.92. The average Bonchev–Trinajstić information content (AvgIpc) is 2.87. The van der Waals surface area contributed by atoms with Crippen molar-refractivity contribution in [2.75, 3.05) is 19.7 Å². The van der Waals surface area contributed by atoms with Crippen molar-refractivity contribution in [1.82, 2.24) is 9.88 Å². The number of hydrogen-bond donors (Lipinski definition) is 1. The van der Waals surface area contributed by atoms with Crippen LogP contribution in [0, 0.1) is 0 Å². The van der Waals surface area contributed by atoms with Gasteiger partial charge < -0.3 is 14.6 Å². The SMILES string of the molecule is CCc1cc(C(=O)N2CCC[C@@]3(CCCO3)CC2)cc(=O)[nH]1. The number of nitrogens with zero attached hydrogens (tertiary/aromatic N) is 1. The summed E-state index contributed by atoms with van der Waals surface area (Å²) in [5.41, 5.74) is 1.11. The monoisotopic (exact) mass is 304 g/mol. The standard InChI is InChI=1S/C17H24N2O3/c1-2-14-11-13(12-15(20)18-14)16(21)19-8-3-5-17(7-9-19)6-4-10-22-17/h11-12H,2-10H2,1H3,(H,18,20)/t17-/m1/s1. The molecule has 2 fully saturated rings. The quantitative estimate of drug-likeness (QED) is 0.910.